The molecule has 2 amide bonds. The Balaban J connectivity index is 2.46. The minimum Gasteiger partial charge on any atom is -0.385 e. The summed E-state index contributed by atoms with van der Waals surface area (Å²) < 4.78 is 7.31. The number of aryl methyl sites for hydroxylation is 1. The van der Waals surface area contributed by atoms with Crippen molar-refractivity contribution in [2.24, 2.45) is 10.4 Å². The van der Waals surface area contributed by atoms with Gasteiger partial charge in [0.15, 0.2) is 5.69 Å². The van der Waals surface area contributed by atoms with Crippen LogP contribution in [0.15, 0.2) is 4.99 Å². The SMILES string of the molecule is CNC(=O)C(=NC(=O)c1nc(CCCOC)n2c1CN(C)CCC2)C(C)(C)C. The molecule has 2 rings (SSSR count). The van der Waals surface area contributed by atoms with Crippen LogP contribution < -0.4 is 5.32 Å². The zero-order chi connectivity index (χ0) is 20.9. The highest BCUT2D eigenvalue weighted by Gasteiger charge is 2.29. The molecule has 8 heteroatoms. The van der Waals surface area contributed by atoms with Crippen molar-refractivity contribution in [1.29, 1.82) is 0 Å². The summed E-state index contributed by atoms with van der Waals surface area (Å²) in [6, 6.07) is 0. The summed E-state index contributed by atoms with van der Waals surface area (Å²) in [4.78, 5) is 36.4. The Morgan fingerprint density at radius 3 is 2.61 bits per heavy atom. The second kappa shape index (κ2) is 9.43. The Labute approximate surface area is 167 Å². The van der Waals surface area contributed by atoms with Crippen molar-refractivity contribution in [1.82, 2.24) is 19.8 Å². The van der Waals surface area contributed by atoms with Crippen LogP contribution in [-0.2, 0) is 29.0 Å². The van der Waals surface area contributed by atoms with E-state index in [1.807, 2.05) is 27.8 Å². The van der Waals surface area contributed by atoms with Crippen LogP contribution in [-0.4, -0.2) is 66.3 Å². The van der Waals surface area contributed by atoms with Gasteiger partial charge in [-0.2, -0.15) is 0 Å². The van der Waals surface area contributed by atoms with E-state index < -0.39 is 11.3 Å². The molecule has 28 heavy (non-hydrogen) atoms. The number of rotatable bonds is 6. The second-order valence-corrected chi connectivity index (χ2v) is 8.26. The van der Waals surface area contributed by atoms with Gasteiger partial charge in [-0.05, 0) is 26.4 Å². The number of fused-ring (bicyclic) bond motifs is 1. The topological polar surface area (TPSA) is 88.8 Å². The Bertz CT molecular complexity index is 746. The molecular formula is C20H33N5O3. The highest BCUT2D eigenvalue weighted by atomic mass is 16.5. The Morgan fingerprint density at radius 1 is 1.29 bits per heavy atom. The second-order valence-electron chi connectivity index (χ2n) is 8.26. The molecule has 0 saturated carbocycles. The molecule has 0 aromatic carbocycles. The minimum absolute atomic E-state index is 0.213. The quantitative estimate of drug-likeness (QED) is 0.589. The summed E-state index contributed by atoms with van der Waals surface area (Å²) in [7, 11) is 5.26. The molecule has 2 heterocycles. The van der Waals surface area contributed by atoms with Crippen LogP contribution in [0.1, 0.15) is 55.6 Å². The minimum atomic E-state index is -0.551. The molecule has 0 radical (unpaired) electrons. The predicted octanol–water partition coefficient (Wildman–Crippen LogP) is 1.67. The third-order valence-corrected chi connectivity index (χ3v) is 4.81. The first-order valence-corrected chi connectivity index (χ1v) is 9.80. The van der Waals surface area contributed by atoms with Crippen LogP contribution in [0.5, 0.6) is 0 Å². The number of amides is 2. The Hall–Kier alpha value is -2.06. The van der Waals surface area contributed by atoms with Crippen LogP contribution in [0.3, 0.4) is 0 Å². The predicted molar refractivity (Wildman–Crippen MR) is 109 cm³/mol. The summed E-state index contributed by atoms with van der Waals surface area (Å²) in [5.74, 6) is 0.0901. The molecular weight excluding hydrogens is 358 g/mol. The van der Waals surface area contributed by atoms with E-state index in [2.05, 4.69) is 24.8 Å². The monoisotopic (exact) mass is 391 g/mol. The van der Waals surface area contributed by atoms with E-state index >= 15 is 0 Å². The molecule has 8 nitrogen and oxygen atoms in total. The van der Waals surface area contributed by atoms with Gasteiger partial charge in [-0.25, -0.2) is 9.98 Å². The van der Waals surface area contributed by atoms with E-state index in [1.54, 1.807) is 14.2 Å². The van der Waals surface area contributed by atoms with E-state index in [9.17, 15) is 9.59 Å². The van der Waals surface area contributed by atoms with Crippen molar-refractivity contribution >= 4 is 17.5 Å². The molecule has 1 aromatic heterocycles. The zero-order valence-electron chi connectivity index (χ0n) is 18.0. The fourth-order valence-electron chi connectivity index (χ4n) is 3.36. The highest BCUT2D eigenvalue weighted by molar-refractivity contribution is 6.42. The fourth-order valence-corrected chi connectivity index (χ4v) is 3.36. The molecule has 156 valence electrons. The largest absolute Gasteiger partial charge is 0.385 e. The number of hydrogen-bond acceptors (Lipinski definition) is 5. The van der Waals surface area contributed by atoms with Crippen molar-refractivity contribution in [3.63, 3.8) is 0 Å². The van der Waals surface area contributed by atoms with Gasteiger partial charge in [-0.1, -0.05) is 20.8 Å². The van der Waals surface area contributed by atoms with E-state index in [0.29, 0.717) is 18.8 Å². The summed E-state index contributed by atoms with van der Waals surface area (Å²) >= 11 is 0. The molecule has 1 N–H and O–H groups in total. The maximum atomic E-state index is 13.1. The van der Waals surface area contributed by atoms with Crippen molar-refractivity contribution in [3.8, 4) is 0 Å². The molecule has 0 unspecified atom stereocenters. The van der Waals surface area contributed by atoms with Crippen molar-refractivity contribution in [2.45, 2.75) is 53.1 Å². The smallest absolute Gasteiger partial charge is 0.297 e. The van der Waals surface area contributed by atoms with Gasteiger partial charge in [0.1, 0.15) is 11.5 Å². The lowest BCUT2D eigenvalue weighted by atomic mass is 9.89. The third-order valence-electron chi connectivity index (χ3n) is 4.81. The number of hydrogen-bond donors (Lipinski definition) is 1. The van der Waals surface area contributed by atoms with Gasteiger partial charge >= 0.3 is 0 Å². The lowest BCUT2D eigenvalue weighted by Gasteiger charge is -2.19. The van der Waals surface area contributed by atoms with Crippen LogP contribution in [0.2, 0.25) is 0 Å². The standard InChI is InChI=1S/C20H33N5O3/c1-20(2,3)17(19(27)21-4)23-18(26)16-14-13-24(5)10-8-11-25(14)15(22-16)9-7-12-28-6/h7-13H2,1-6H3,(H,21,27). The average molecular weight is 392 g/mol. The molecule has 0 aliphatic carbocycles. The van der Waals surface area contributed by atoms with E-state index in [0.717, 1.165) is 43.9 Å². The summed E-state index contributed by atoms with van der Waals surface area (Å²) in [6.45, 7) is 8.67. The number of carbonyl (C=O) groups is 2. The molecule has 1 aliphatic heterocycles. The van der Waals surface area contributed by atoms with E-state index in [1.165, 1.54) is 0 Å². The average Bonchev–Trinajstić information content (AvgIpc) is 2.83. The summed E-state index contributed by atoms with van der Waals surface area (Å²) in [5.41, 5.74) is 0.896. The van der Waals surface area contributed by atoms with Crippen LogP contribution in [0.4, 0.5) is 0 Å². The fraction of sp³-hybridized carbons (Fsp3) is 0.700. The van der Waals surface area contributed by atoms with E-state index in [4.69, 9.17) is 4.74 Å². The summed E-state index contributed by atoms with van der Waals surface area (Å²) in [5, 5.41) is 2.58. The van der Waals surface area contributed by atoms with Crippen molar-refractivity contribution in [2.75, 3.05) is 34.4 Å². The molecule has 1 aromatic rings. The van der Waals surface area contributed by atoms with Crippen molar-refractivity contribution in [3.05, 3.63) is 17.2 Å². The van der Waals surface area contributed by atoms with Gasteiger partial charge < -0.3 is 19.5 Å². The highest BCUT2D eigenvalue weighted by Crippen LogP contribution is 2.22. The number of imidazole rings is 1. The summed E-state index contributed by atoms with van der Waals surface area (Å²) in [6.07, 6.45) is 2.58. The molecule has 0 atom stereocenters. The first kappa shape index (κ1) is 22.2. The van der Waals surface area contributed by atoms with Crippen molar-refractivity contribution < 1.29 is 14.3 Å². The van der Waals surface area contributed by atoms with Gasteiger partial charge in [0.2, 0.25) is 0 Å². The van der Waals surface area contributed by atoms with Gasteiger partial charge in [0, 0.05) is 45.7 Å². The maximum absolute atomic E-state index is 13.1. The number of methoxy groups -OCH3 is 1. The number of aromatic nitrogens is 2. The molecule has 0 bridgehead atoms. The zero-order valence-corrected chi connectivity index (χ0v) is 18.0. The third kappa shape index (κ3) is 5.26. The number of carbonyl (C=O) groups excluding carboxylic acids is 2. The lowest BCUT2D eigenvalue weighted by molar-refractivity contribution is -0.114. The molecule has 0 spiro atoms. The van der Waals surface area contributed by atoms with Gasteiger partial charge in [-0.3, -0.25) is 9.59 Å². The van der Waals surface area contributed by atoms with Gasteiger partial charge in [-0.15, -0.1) is 0 Å². The number of nitrogens with one attached hydrogen (secondary N) is 1. The Kier molecular flexibility index (Phi) is 7.48. The molecule has 0 saturated heterocycles. The van der Waals surface area contributed by atoms with Crippen LogP contribution in [0.25, 0.3) is 0 Å². The van der Waals surface area contributed by atoms with Gasteiger partial charge in [0.25, 0.3) is 11.8 Å². The van der Waals surface area contributed by atoms with E-state index in [-0.39, 0.29) is 11.6 Å². The molecule has 1 aliphatic rings. The Morgan fingerprint density at radius 2 is 2.00 bits per heavy atom. The number of nitrogens with zero attached hydrogens (tertiary/aromatic N) is 4. The van der Waals surface area contributed by atoms with Crippen LogP contribution in [0, 0.1) is 5.41 Å². The lowest BCUT2D eigenvalue weighted by Crippen LogP contribution is -2.37. The maximum Gasteiger partial charge on any atom is 0.297 e. The number of aliphatic imine (C=N–C) groups is 1. The first-order chi connectivity index (χ1) is 13.2. The van der Waals surface area contributed by atoms with Crippen LogP contribution >= 0.6 is 0 Å². The normalized spacial score (nSPS) is 15.9. The number of ether oxygens (including phenoxy) is 1. The van der Waals surface area contributed by atoms with Gasteiger partial charge in [0.05, 0.1) is 5.69 Å². The molecule has 0 fully saturated rings. The first-order valence-electron chi connectivity index (χ1n) is 9.80.